The molecule has 0 saturated heterocycles. The van der Waals surface area contributed by atoms with Gasteiger partial charge in [0.1, 0.15) is 12.4 Å². The van der Waals surface area contributed by atoms with Gasteiger partial charge in [-0.2, -0.15) is 9.78 Å². The normalized spacial score (nSPS) is 11.5. The third-order valence-electron chi connectivity index (χ3n) is 5.23. The van der Waals surface area contributed by atoms with Gasteiger partial charge >= 0.3 is 0 Å². The molecule has 0 atom stereocenters. The molecule has 0 unspecified atom stereocenters. The summed E-state index contributed by atoms with van der Waals surface area (Å²) in [4.78, 5) is 18.1. The second-order valence-electron chi connectivity index (χ2n) is 8.09. The molecule has 9 heteroatoms. The Hall–Kier alpha value is -2.49. The van der Waals surface area contributed by atoms with Crippen LogP contribution >= 0.6 is 47.8 Å². The lowest BCUT2D eigenvalue weighted by atomic mass is 10.2. The smallest absolute Gasteiger partial charge is 0.282 e. The van der Waals surface area contributed by atoms with Crippen molar-refractivity contribution in [1.29, 1.82) is 0 Å². The maximum atomic E-state index is 13.4. The van der Waals surface area contributed by atoms with Crippen molar-refractivity contribution in [3.05, 3.63) is 95.3 Å². The number of methoxy groups -OCH3 is 1. The van der Waals surface area contributed by atoms with Crippen LogP contribution in [0.3, 0.4) is 0 Å². The van der Waals surface area contributed by atoms with Crippen molar-refractivity contribution in [2.75, 3.05) is 7.11 Å². The van der Waals surface area contributed by atoms with Crippen LogP contribution < -0.4 is 15.0 Å². The van der Waals surface area contributed by atoms with Crippen LogP contribution in [-0.4, -0.2) is 23.0 Å². The van der Waals surface area contributed by atoms with Crippen molar-refractivity contribution in [2.24, 2.45) is 5.10 Å². The van der Waals surface area contributed by atoms with E-state index in [4.69, 9.17) is 14.5 Å². The summed E-state index contributed by atoms with van der Waals surface area (Å²) in [5, 5.41) is 5.05. The zero-order valence-electron chi connectivity index (χ0n) is 19.3. The highest BCUT2D eigenvalue weighted by Crippen LogP contribution is 2.35. The molecule has 3 aromatic carbocycles. The molecule has 0 amide bonds. The molecular formula is C26H22Br3N3O3. The summed E-state index contributed by atoms with van der Waals surface area (Å²) in [6.45, 7) is 4.30. The van der Waals surface area contributed by atoms with E-state index in [1.165, 1.54) is 4.68 Å². The number of rotatable bonds is 7. The number of fused-ring (bicyclic) bond motifs is 1. The number of halogens is 3. The molecule has 35 heavy (non-hydrogen) atoms. The standard InChI is InChI=1S/C26H22Br3N3O3/c1-15(2)25-31-22-9-8-19(28)11-21(22)26(33)32(25)30-13-17-10-20(29)12-23(34-3)24(17)35-14-16-4-6-18(27)7-5-16/h4-13,15H,14H2,1-3H3. The number of ether oxygens (including phenoxy) is 2. The average Bonchev–Trinajstić information content (AvgIpc) is 2.83. The highest BCUT2D eigenvalue weighted by atomic mass is 79.9. The largest absolute Gasteiger partial charge is 0.493 e. The molecule has 4 aromatic rings. The summed E-state index contributed by atoms with van der Waals surface area (Å²) in [5.74, 6) is 1.63. The van der Waals surface area contributed by atoms with E-state index in [0.29, 0.717) is 40.4 Å². The molecule has 180 valence electrons. The number of hydrogen-bond donors (Lipinski definition) is 0. The van der Waals surface area contributed by atoms with E-state index in [-0.39, 0.29) is 11.5 Å². The van der Waals surface area contributed by atoms with Gasteiger partial charge in [0.25, 0.3) is 5.56 Å². The zero-order chi connectivity index (χ0) is 25.1. The van der Waals surface area contributed by atoms with Gasteiger partial charge in [0.2, 0.25) is 0 Å². The minimum absolute atomic E-state index is 0.0157. The van der Waals surface area contributed by atoms with Gasteiger partial charge in [-0.15, -0.1) is 0 Å². The molecule has 0 aliphatic rings. The van der Waals surface area contributed by atoms with Crippen LogP contribution in [0.25, 0.3) is 10.9 Å². The summed E-state index contributed by atoms with van der Waals surface area (Å²) < 4.78 is 15.7. The molecule has 0 spiro atoms. The van der Waals surface area contributed by atoms with E-state index in [2.05, 4.69) is 52.9 Å². The average molecular weight is 664 g/mol. The van der Waals surface area contributed by atoms with Gasteiger partial charge in [0, 0.05) is 24.9 Å². The maximum absolute atomic E-state index is 13.4. The number of benzene rings is 3. The number of nitrogens with zero attached hydrogens (tertiary/aromatic N) is 3. The first-order valence-corrected chi connectivity index (χ1v) is 13.2. The van der Waals surface area contributed by atoms with E-state index in [1.54, 1.807) is 19.4 Å². The van der Waals surface area contributed by atoms with E-state index in [0.717, 1.165) is 19.0 Å². The first-order chi connectivity index (χ1) is 16.8. The minimum Gasteiger partial charge on any atom is -0.493 e. The molecule has 0 saturated carbocycles. The molecule has 0 radical (unpaired) electrons. The van der Waals surface area contributed by atoms with Gasteiger partial charge in [0.15, 0.2) is 11.5 Å². The Labute approximate surface area is 228 Å². The summed E-state index contributed by atoms with van der Waals surface area (Å²) in [6.07, 6.45) is 1.60. The van der Waals surface area contributed by atoms with Crippen LogP contribution in [0.2, 0.25) is 0 Å². The van der Waals surface area contributed by atoms with Crippen LogP contribution in [-0.2, 0) is 6.61 Å². The molecular weight excluding hydrogens is 642 g/mol. The Balaban J connectivity index is 1.78. The Morgan fingerprint density at radius 2 is 1.71 bits per heavy atom. The number of aromatic nitrogens is 2. The molecule has 0 bridgehead atoms. The first kappa shape index (κ1) is 25.6. The van der Waals surface area contributed by atoms with Crippen LogP contribution in [0.15, 0.2) is 77.9 Å². The molecule has 1 heterocycles. The van der Waals surface area contributed by atoms with Gasteiger partial charge < -0.3 is 9.47 Å². The van der Waals surface area contributed by atoms with Gasteiger partial charge in [-0.1, -0.05) is 73.8 Å². The first-order valence-electron chi connectivity index (χ1n) is 10.8. The zero-order valence-corrected chi connectivity index (χ0v) is 24.0. The van der Waals surface area contributed by atoms with E-state index < -0.39 is 0 Å². The molecule has 0 aliphatic carbocycles. The fourth-order valence-electron chi connectivity index (χ4n) is 3.50. The third-order valence-corrected chi connectivity index (χ3v) is 6.71. The highest BCUT2D eigenvalue weighted by molar-refractivity contribution is 9.11. The SMILES string of the molecule is COc1cc(Br)cc(C=Nn2c(C(C)C)nc3ccc(Br)cc3c2=O)c1OCc1ccc(Br)cc1. The second kappa shape index (κ2) is 11.1. The topological polar surface area (TPSA) is 65.7 Å². The Bertz CT molecular complexity index is 1470. The van der Waals surface area contributed by atoms with Crippen LogP contribution in [0.5, 0.6) is 11.5 Å². The molecule has 1 aromatic heterocycles. The molecule has 0 N–H and O–H groups in total. The monoisotopic (exact) mass is 661 g/mol. The summed E-state index contributed by atoms with van der Waals surface area (Å²) in [6, 6.07) is 17.0. The van der Waals surface area contributed by atoms with Crippen molar-refractivity contribution < 1.29 is 9.47 Å². The molecule has 0 fully saturated rings. The maximum Gasteiger partial charge on any atom is 0.282 e. The third kappa shape index (κ3) is 5.85. The fraction of sp³-hybridized carbons (Fsp3) is 0.192. The summed E-state index contributed by atoms with van der Waals surface area (Å²) >= 11 is 10.4. The molecule has 4 rings (SSSR count). The van der Waals surface area contributed by atoms with Gasteiger partial charge in [-0.05, 0) is 48.0 Å². The highest BCUT2D eigenvalue weighted by Gasteiger charge is 2.16. The predicted octanol–water partition coefficient (Wildman–Crippen LogP) is 7.28. The van der Waals surface area contributed by atoms with Crippen molar-refractivity contribution in [3.8, 4) is 11.5 Å². The summed E-state index contributed by atoms with van der Waals surface area (Å²) in [7, 11) is 1.58. The Morgan fingerprint density at radius 3 is 2.40 bits per heavy atom. The lowest BCUT2D eigenvalue weighted by Crippen LogP contribution is -2.23. The van der Waals surface area contributed by atoms with Crippen molar-refractivity contribution in [3.63, 3.8) is 0 Å². The summed E-state index contributed by atoms with van der Waals surface area (Å²) in [5.41, 5.74) is 2.06. The molecule has 6 nitrogen and oxygen atoms in total. The Kier molecular flexibility index (Phi) is 8.09. The van der Waals surface area contributed by atoms with Gasteiger partial charge in [-0.3, -0.25) is 4.79 Å². The van der Waals surface area contributed by atoms with Crippen molar-refractivity contribution in [2.45, 2.75) is 26.4 Å². The fourth-order valence-corrected chi connectivity index (χ4v) is 4.58. The van der Waals surface area contributed by atoms with Crippen molar-refractivity contribution in [1.82, 2.24) is 9.66 Å². The van der Waals surface area contributed by atoms with Gasteiger partial charge in [0.05, 0.1) is 24.2 Å². The quantitative estimate of drug-likeness (QED) is 0.195. The van der Waals surface area contributed by atoms with E-state index in [1.807, 2.05) is 62.4 Å². The second-order valence-corrected chi connectivity index (χ2v) is 10.8. The van der Waals surface area contributed by atoms with E-state index in [9.17, 15) is 4.79 Å². The Morgan fingerprint density at radius 1 is 1.00 bits per heavy atom. The molecule has 0 aliphatic heterocycles. The van der Waals surface area contributed by atoms with E-state index >= 15 is 0 Å². The van der Waals surface area contributed by atoms with Crippen molar-refractivity contribution >= 4 is 64.9 Å². The van der Waals surface area contributed by atoms with Crippen LogP contribution in [0.4, 0.5) is 0 Å². The predicted molar refractivity (Wildman–Crippen MR) is 150 cm³/mol. The lowest BCUT2D eigenvalue weighted by Gasteiger charge is -2.15. The van der Waals surface area contributed by atoms with Crippen LogP contribution in [0, 0.1) is 0 Å². The van der Waals surface area contributed by atoms with Gasteiger partial charge in [-0.25, -0.2) is 4.98 Å². The number of hydrogen-bond acceptors (Lipinski definition) is 5. The van der Waals surface area contributed by atoms with Crippen LogP contribution in [0.1, 0.15) is 36.7 Å². The lowest BCUT2D eigenvalue weighted by molar-refractivity contribution is 0.284. The minimum atomic E-state index is -0.240.